The van der Waals surface area contributed by atoms with E-state index >= 15 is 0 Å². The largest absolute Gasteiger partial charge is 0.469 e. The Kier molecular flexibility index (Phi) is 3.75. The highest BCUT2D eigenvalue weighted by Gasteiger charge is 2.51. The molecule has 2 heterocycles. The molecule has 1 saturated heterocycles. The number of cyclic esters (lactones) is 1. The number of methoxy groups -OCH3 is 1. The van der Waals surface area contributed by atoms with Crippen molar-refractivity contribution < 1.29 is 19.1 Å². The number of esters is 2. The quantitative estimate of drug-likeness (QED) is 0.818. The summed E-state index contributed by atoms with van der Waals surface area (Å²) in [6, 6.07) is 13.0. The minimum absolute atomic E-state index is 0.380. The van der Waals surface area contributed by atoms with E-state index in [0.29, 0.717) is 0 Å². The average Bonchev–Trinajstić information content (AvgIpc) is 3.14. The van der Waals surface area contributed by atoms with Gasteiger partial charge in [-0.1, -0.05) is 36.4 Å². The standard InChI is InChI=1S/C16H14O4S/c1-19-15(17)13-12(10-6-3-2-4-7-10)16(18)20-14(13)11-8-5-9-21-11/h2-9,12-14H,1H3/t12-,13-,14-/m0/s1. The van der Waals surface area contributed by atoms with Crippen LogP contribution in [-0.4, -0.2) is 19.0 Å². The molecule has 3 atom stereocenters. The number of carbonyl (C=O) groups excluding carboxylic acids is 2. The topological polar surface area (TPSA) is 52.6 Å². The molecule has 0 N–H and O–H groups in total. The summed E-state index contributed by atoms with van der Waals surface area (Å²) in [5.74, 6) is -2.07. The lowest BCUT2D eigenvalue weighted by molar-refractivity contribution is -0.148. The maximum Gasteiger partial charge on any atom is 0.315 e. The van der Waals surface area contributed by atoms with E-state index in [1.165, 1.54) is 18.4 Å². The lowest BCUT2D eigenvalue weighted by atomic mass is 9.84. The number of carbonyl (C=O) groups is 2. The maximum atomic E-state index is 12.3. The lowest BCUT2D eigenvalue weighted by Crippen LogP contribution is -2.25. The van der Waals surface area contributed by atoms with Crippen molar-refractivity contribution in [3.05, 3.63) is 58.3 Å². The van der Waals surface area contributed by atoms with E-state index in [1.807, 2.05) is 47.8 Å². The SMILES string of the molecule is COC(=O)[C@@H]1[C@H](c2cccs2)OC(=O)[C@H]1c1ccccc1. The molecular weight excluding hydrogens is 288 g/mol. The van der Waals surface area contributed by atoms with E-state index < -0.39 is 23.9 Å². The molecule has 108 valence electrons. The fraction of sp³-hybridized carbons (Fsp3) is 0.250. The molecule has 1 aliphatic rings. The number of hydrogen-bond donors (Lipinski definition) is 0. The average molecular weight is 302 g/mol. The molecule has 0 saturated carbocycles. The molecule has 0 aliphatic carbocycles. The number of rotatable bonds is 3. The highest BCUT2D eigenvalue weighted by atomic mass is 32.1. The van der Waals surface area contributed by atoms with Gasteiger partial charge in [-0.25, -0.2) is 0 Å². The summed E-state index contributed by atoms with van der Waals surface area (Å²) in [5, 5.41) is 1.90. The maximum absolute atomic E-state index is 12.3. The van der Waals surface area contributed by atoms with E-state index in [4.69, 9.17) is 9.47 Å². The molecular formula is C16H14O4S. The molecule has 4 nitrogen and oxygen atoms in total. The Morgan fingerprint density at radius 3 is 2.57 bits per heavy atom. The Morgan fingerprint density at radius 2 is 1.95 bits per heavy atom. The van der Waals surface area contributed by atoms with Crippen molar-refractivity contribution in [2.24, 2.45) is 5.92 Å². The van der Waals surface area contributed by atoms with Gasteiger partial charge in [0, 0.05) is 4.88 Å². The fourth-order valence-corrected chi connectivity index (χ4v) is 3.48. The van der Waals surface area contributed by atoms with Gasteiger partial charge >= 0.3 is 11.9 Å². The highest BCUT2D eigenvalue weighted by molar-refractivity contribution is 7.10. The lowest BCUT2D eigenvalue weighted by Gasteiger charge is -2.17. The van der Waals surface area contributed by atoms with Gasteiger partial charge in [0.1, 0.15) is 5.92 Å². The second-order valence-electron chi connectivity index (χ2n) is 4.81. The van der Waals surface area contributed by atoms with Gasteiger partial charge in [0.15, 0.2) is 6.10 Å². The Balaban J connectivity index is 2.02. The summed E-state index contributed by atoms with van der Waals surface area (Å²) in [4.78, 5) is 25.3. The predicted octanol–water partition coefficient (Wildman–Crippen LogP) is 2.92. The first-order chi connectivity index (χ1) is 10.2. The predicted molar refractivity (Wildman–Crippen MR) is 77.8 cm³/mol. The smallest absolute Gasteiger partial charge is 0.315 e. The van der Waals surface area contributed by atoms with Crippen LogP contribution in [0.3, 0.4) is 0 Å². The van der Waals surface area contributed by atoms with Crippen molar-refractivity contribution in [1.82, 2.24) is 0 Å². The summed E-state index contributed by atoms with van der Waals surface area (Å²) >= 11 is 1.47. The molecule has 0 amide bonds. The third-order valence-electron chi connectivity index (χ3n) is 3.64. The molecule has 3 rings (SSSR count). The van der Waals surface area contributed by atoms with Crippen LogP contribution >= 0.6 is 11.3 Å². The Labute approximate surface area is 126 Å². The van der Waals surface area contributed by atoms with Gasteiger partial charge in [-0.15, -0.1) is 11.3 Å². The molecule has 0 radical (unpaired) electrons. The van der Waals surface area contributed by atoms with Gasteiger partial charge in [0.05, 0.1) is 13.0 Å². The van der Waals surface area contributed by atoms with Crippen molar-refractivity contribution >= 4 is 23.3 Å². The highest BCUT2D eigenvalue weighted by Crippen LogP contribution is 2.46. The second kappa shape index (κ2) is 5.69. The number of benzene rings is 1. The van der Waals surface area contributed by atoms with Gasteiger partial charge in [-0.2, -0.15) is 0 Å². The molecule has 0 unspecified atom stereocenters. The minimum atomic E-state index is -0.649. The van der Waals surface area contributed by atoms with Crippen molar-refractivity contribution in [2.45, 2.75) is 12.0 Å². The van der Waals surface area contributed by atoms with E-state index in [0.717, 1.165) is 10.4 Å². The minimum Gasteiger partial charge on any atom is -0.469 e. The Bertz CT molecular complexity index is 636. The van der Waals surface area contributed by atoms with Crippen molar-refractivity contribution in [3.63, 3.8) is 0 Å². The molecule has 1 aliphatic heterocycles. The van der Waals surface area contributed by atoms with Crippen LogP contribution in [0.2, 0.25) is 0 Å². The molecule has 5 heteroatoms. The van der Waals surface area contributed by atoms with Gasteiger partial charge < -0.3 is 9.47 Å². The number of hydrogen-bond acceptors (Lipinski definition) is 5. The number of ether oxygens (including phenoxy) is 2. The second-order valence-corrected chi connectivity index (χ2v) is 5.79. The van der Waals surface area contributed by atoms with Crippen LogP contribution < -0.4 is 0 Å². The first-order valence-corrected chi connectivity index (χ1v) is 7.47. The zero-order valence-corrected chi connectivity index (χ0v) is 12.2. The van der Waals surface area contributed by atoms with E-state index in [-0.39, 0.29) is 5.97 Å². The van der Waals surface area contributed by atoms with Crippen LogP contribution in [0.4, 0.5) is 0 Å². The molecule has 1 aromatic carbocycles. The summed E-state index contributed by atoms with van der Waals surface area (Å²) in [6.45, 7) is 0. The molecule has 21 heavy (non-hydrogen) atoms. The van der Waals surface area contributed by atoms with Gasteiger partial charge in [0.25, 0.3) is 0 Å². The summed E-state index contributed by atoms with van der Waals surface area (Å²) in [5.41, 5.74) is 0.775. The molecule has 2 aromatic rings. The van der Waals surface area contributed by atoms with Gasteiger partial charge in [-0.05, 0) is 17.0 Å². The van der Waals surface area contributed by atoms with E-state index in [2.05, 4.69) is 0 Å². The zero-order chi connectivity index (χ0) is 14.8. The van der Waals surface area contributed by atoms with Crippen molar-refractivity contribution in [2.75, 3.05) is 7.11 Å². The normalized spacial score (nSPS) is 24.6. The monoisotopic (exact) mass is 302 g/mol. The summed E-state index contributed by atoms with van der Waals surface area (Å²) < 4.78 is 10.4. The van der Waals surface area contributed by atoms with Gasteiger partial charge in [-0.3, -0.25) is 9.59 Å². The van der Waals surface area contributed by atoms with Crippen LogP contribution in [0.15, 0.2) is 47.8 Å². The van der Waals surface area contributed by atoms with Crippen molar-refractivity contribution in [1.29, 1.82) is 0 Å². The van der Waals surface area contributed by atoms with Crippen molar-refractivity contribution in [3.8, 4) is 0 Å². The molecule has 1 fully saturated rings. The molecule has 0 spiro atoms. The van der Waals surface area contributed by atoms with Gasteiger partial charge in [0.2, 0.25) is 0 Å². The van der Waals surface area contributed by atoms with Crippen LogP contribution in [0, 0.1) is 5.92 Å². The zero-order valence-electron chi connectivity index (χ0n) is 11.4. The first-order valence-electron chi connectivity index (χ1n) is 6.59. The Hall–Kier alpha value is -2.14. The van der Waals surface area contributed by atoms with Crippen LogP contribution in [0.25, 0.3) is 0 Å². The third kappa shape index (κ3) is 2.45. The number of thiophene rings is 1. The summed E-state index contributed by atoms with van der Waals surface area (Å²) in [6.07, 6.45) is -0.574. The molecule has 1 aromatic heterocycles. The van der Waals surface area contributed by atoms with Crippen LogP contribution in [0.1, 0.15) is 22.5 Å². The molecule has 0 bridgehead atoms. The van der Waals surface area contributed by atoms with Crippen LogP contribution in [-0.2, 0) is 19.1 Å². The summed E-state index contributed by atoms with van der Waals surface area (Å²) in [7, 11) is 1.33. The first kappa shape index (κ1) is 13.8. The Morgan fingerprint density at radius 1 is 1.19 bits per heavy atom. The fourth-order valence-electron chi connectivity index (χ4n) is 2.68. The van der Waals surface area contributed by atoms with E-state index in [1.54, 1.807) is 0 Å². The van der Waals surface area contributed by atoms with Crippen LogP contribution in [0.5, 0.6) is 0 Å². The third-order valence-corrected chi connectivity index (χ3v) is 4.57. The van der Waals surface area contributed by atoms with E-state index in [9.17, 15) is 9.59 Å².